The first-order chi connectivity index (χ1) is 8.97. The van der Waals surface area contributed by atoms with Crippen molar-refractivity contribution in [1.82, 2.24) is 0 Å². The number of hydrogen-bond donors (Lipinski definition) is 1. The molecule has 0 aromatic heterocycles. The summed E-state index contributed by atoms with van der Waals surface area (Å²) in [5, 5.41) is 0. The Kier molecular flexibility index (Phi) is 4.31. The van der Waals surface area contributed by atoms with Gasteiger partial charge in [-0.3, -0.25) is 0 Å². The van der Waals surface area contributed by atoms with Gasteiger partial charge in [0.2, 0.25) is 0 Å². The van der Waals surface area contributed by atoms with Crippen molar-refractivity contribution in [2.24, 2.45) is 5.73 Å². The second-order valence-electron chi connectivity index (χ2n) is 4.52. The van der Waals surface area contributed by atoms with Crippen molar-refractivity contribution >= 4 is 0 Å². The van der Waals surface area contributed by atoms with Crippen LogP contribution >= 0.6 is 0 Å². The zero-order valence-corrected chi connectivity index (χ0v) is 10.3. The molecule has 2 unspecified atom stereocenters. The number of halogens is 3. The van der Waals surface area contributed by atoms with Gasteiger partial charge in [-0.25, -0.2) is 0 Å². The Labute approximate surface area is 109 Å². The monoisotopic (exact) mass is 275 g/mol. The minimum Gasteiger partial charge on any atom is -0.405 e. The molecule has 2 rings (SSSR count). The van der Waals surface area contributed by atoms with Crippen molar-refractivity contribution in [3.8, 4) is 5.75 Å². The van der Waals surface area contributed by atoms with Gasteiger partial charge < -0.3 is 15.2 Å². The number of ether oxygens (including phenoxy) is 2. The molecule has 0 saturated carbocycles. The maximum Gasteiger partial charge on any atom is 0.573 e. The quantitative estimate of drug-likeness (QED) is 0.921. The Balaban J connectivity index is 2.18. The lowest BCUT2D eigenvalue weighted by molar-refractivity contribution is -0.275. The van der Waals surface area contributed by atoms with Crippen molar-refractivity contribution in [3.63, 3.8) is 0 Å². The molecule has 2 atom stereocenters. The third-order valence-corrected chi connectivity index (χ3v) is 3.12. The molecule has 1 aromatic carbocycles. The van der Waals surface area contributed by atoms with Crippen LogP contribution in [0, 0.1) is 0 Å². The Bertz CT molecular complexity index is 417. The molecule has 19 heavy (non-hydrogen) atoms. The standard InChI is InChI=1S/C13H16F3NO2/c14-13(15,16)19-10-6-2-1-5-9(10)12(17)11-7-3-4-8-18-11/h1-2,5-6,11-12H,3-4,7-8,17H2. The zero-order chi connectivity index (χ0) is 13.9. The van der Waals surface area contributed by atoms with E-state index in [9.17, 15) is 13.2 Å². The summed E-state index contributed by atoms with van der Waals surface area (Å²) < 4.78 is 46.5. The molecule has 1 aliphatic rings. The largest absolute Gasteiger partial charge is 0.573 e. The minimum atomic E-state index is -4.72. The Hall–Kier alpha value is -1.27. The molecule has 1 fully saturated rings. The molecule has 1 aromatic rings. The van der Waals surface area contributed by atoms with Crippen LogP contribution in [0.1, 0.15) is 30.9 Å². The van der Waals surface area contributed by atoms with E-state index in [4.69, 9.17) is 10.5 Å². The van der Waals surface area contributed by atoms with Crippen molar-refractivity contribution < 1.29 is 22.6 Å². The van der Waals surface area contributed by atoms with Crippen LogP contribution in [0.2, 0.25) is 0 Å². The van der Waals surface area contributed by atoms with Crippen LogP contribution in [0.15, 0.2) is 24.3 Å². The van der Waals surface area contributed by atoms with E-state index in [1.54, 1.807) is 12.1 Å². The van der Waals surface area contributed by atoms with Gasteiger partial charge in [0.15, 0.2) is 0 Å². The van der Waals surface area contributed by atoms with E-state index in [0.29, 0.717) is 12.2 Å². The van der Waals surface area contributed by atoms with E-state index in [1.165, 1.54) is 12.1 Å². The third kappa shape index (κ3) is 3.84. The van der Waals surface area contributed by atoms with Gasteiger partial charge in [0.05, 0.1) is 12.1 Å². The van der Waals surface area contributed by atoms with Crippen LogP contribution in [0.4, 0.5) is 13.2 Å². The summed E-state index contributed by atoms with van der Waals surface area (Å²) in [6, 6.07) is 5.33. The SMILES string of the molecule is NC(c1ccccc1OC(F)(F)F)C1CCCCO1. The van der Waals surface area contributed by atoms with Crippen molar-refractivity contribution in [1.29, 1.82) is 0 Å². The first-order valence-corrected chi connectivity index (χ1v) is 6.19. The number of benzene rings is 1. The smallest absolute Gasteiger partial charge is 0.405 e. The normalized spacial score (nSPS) is 22.0. The van der Waals surface area contributed by atoms with Gasteiger partial charge >= 0.3 is 6.36 Å². The van der Waals surface area contributed by atoms with Crippen LogP contribution in [-0.4, -0.2) is 19.1 Å². The number of rotatable bonds is 3. The second-order valence-corrected chi connectivity index (χ2v) is 4.52. The summed E-state index contributed by atoms with van der Waals surface area (Å²) in [6.07, 6.45) is -2.29. The molecule has 0 spiro atoms. The molecule has 1 saturated heterocycles. The van der Waals surface area contributed by atoms with Gasteiger partial charge in [0, 0.05) is 12.2 Å². The second kappa shape index (κ2) is 5.79. The summed E-state index contributed by atoms with van der Waals surface area (Å²) >= 11 is 0. The van der Waals surface area contributed by atoms with Crippen molar-refractivity contribution in [3.05, 3.63) is 29.8 Å². The molecule has 1 heterocycles. The van der Waals surface area contributed by atoms with E-state index >= 15 is 0 Å². The fraction of sp³-hybridized carbons (Fsp3) is 0.538. The molecule has 0 radical (unpaired) electrons. The van der Waals surface area contributed by atoms with Crippen LogP contribution in [0.3, 0.4) is 0 Å². The average Bonchev–Trinajstić information content (AvgIpc) is 2.38. The maximum absolute atomic E-state index is 12.3. The lowest BCUT2D eigenvalue weighted by Crippen LogP contribution is -2.32. The maximum atomic E-state index is 12.3. The van der Waals surface area contributed by atoms with Gasteiger partial charge in [-0.1, -0.05) is 18.2 Å². The molecule has 6 heteroatoms. The highest BCUT2D eigenvalue weighted by Crippen LogP contribution is 2.33. The summed E-state index contributed by atoms with van der Waals surface area (Å²) in [7, 11) is 0. The zero-order valence-electron chi connectivity index (χ0n) is 10.3. The fourth-order valence-corrected chi connectivity index (χ4v) is 2.22. The van der Waals surface area contributed by atoms with Crippen LogP contribution in [-0.2, 0) is 4.74 Å². The van der Waals surface area contributed by atoms with Gasteiger partial charge in [-0.15, -0.1) is 13.2 Å². The lowest BCUT2D eigenvalue weighted by Gasteiger charge is -2.29. The lowest BCUT2D eigenvalue weighted by atomic mass is 9.96. The molecular weight excluding hydrogens is 259 g/mol. The molecule has 106 valence electrons. The summed E-state index contributed by atoms with van der Waals surface area (Å²) in [4.78, 5) is 0. The van der Waals surface area contributed by atoms with Crippen molar-refractivity contribution in [2.75, 3.05) is 6.61 Å². The Morgan fingerprint density at radius 2 is 2.00 bits per heavy atom. The molecule has 0 aliphatic carbocycles. The van der Waals surface area contributed by atoms with E-state index in [-0.39, 0.29) is 11.9 Å². The topological polar surface area (TPSA) is 44.5 Å². The molecule has 0 bridgehead atoms. The molecule has 0 amide bonds. The summed E-state index contributed by atoms with van der Waals surface area (Å²) in [6.45, 7) is 0.598. The predicted molar refractivity (Wildman–Crippen MR) is 63.6 cm³/mol. The highest BCUT2D eigenvalue weighted by molar-refractivity contribution is 5.36. The number of para-hydroxylation sites is 1. The minimum absolute atomic E-state index is 0.253. The van der Waals surface area contributed by atoms with Gasteiger partial charge in [0.1, 0.15) is 5.75 Å². The Morgan fingerprint density at radius 3 is 2.63 bits per heavy atom. The highest BCUT2D eigenvalue weighted by Gasteiger charge is 2.33. The van der Waals surface area contributed by atoms with E-state index in [0.717, 1.165) is 19.3 Å². The van der Waals surface area contributed by atoms with Crippen LogP contribution in [0.5, 0.6) is 5.75 Å². The van der Waals surface area contributed by atoms with Gasteiger partial charge in [-0.05, 0) is 25.3 Å². The van der Waals surface area contributed by atoms with Crippen molar-refractivity contribution in [2.45, 2.75) is 37.8 Å². The number of nitrogens with two attached hydrogens (primary N) is 1. The predicted octanol–water partition coefficient (Wildman–Crippen LogP) is 3.15. The number of hydrogen-bond acceptors (Lipinski definition) is 3. The van der Waals surface area contributed by atoms with Gasteiger partial charge in [0.25, 0.3) is 0 Å². The van der Waals surface area contributed by atoms with Crippen LogP contribution in [0.25, 0.3) is 0 Å². The molecule has 1 aliphatic heterocycles. The van der Waals surface area contributed by atoms with Crippen LogP contribution < -0.4 is 10.5 Å². The van der Waals surface area contributed by atoms with E-state index in [1.807, 2.05) is 0 Å². The molecule has 3 nitrogen and oxygen atoms in total. The molecule has 2 N–H and O–H groups in total. The van der Waals surface area contributed by atoms with E-state index < -0.39 is 12.4 Å². The first-order valence-electron chi connectivity index (χ1n) is 6.19. The average molecular weight is 275 g/mol. The molecular formula is C13H16F3NO2. The highest BCUT2D eigenvalue weighted by atomic mass is 19.4. The Morgan fingerprint density at radius 1 is 1.26 bits per heavy atom. The third-order valence-electron chi connectivity index (χ3n) is 3.12. The first kappa shape index (κ1) is 14.1. The summed E-state index contributed by atoms with van der Waals surface area (Å²) in [5.41, 5.74) is 6.34. The fourth-order valence-electron chi connectivity index (χ4n) is 2.22. The van der Waals surface area contributed by atoms with E-state index in [2.05, 4.69) is 4.74 Å². The number of alkyl halides is 3. The van der Waals surface area contributed by atoms with Gasteiger partial charge in [-0.2, -0.15) is 0 Å². The summed E-state index contributed by atoms with van der Waals surface area (Å²) in [5.74, 6) is -0.253.